The van der Waals surface area contributed by atoms with Crippen LogP contribution in [-0.2, 0) is 0 Å². The summed E-state index contributed by atoms with van der Waals surface area (Å²) in [7, 11) is 0. The highest BCUT2D eigenvalue weighted by Gasteiger charge is 2.20. The van der Waals surface area contributed by atoms with E-state index in [0.29, 0.717) is 17.5 Å². The van der Waals surface area contributed by atoms with Crippen molar-refractivity contribution in [3.05, 3.63) is 182 Å². The van der Waals surface area contributed by atoms with Crippen LogP contribution in [0.25, 0.3) is 106 Å². The number of para-hydroxylation sites is 3. The maximum Gasteiger partial charge on any atom is 0.213 e. The Balaban J connectivity index is 1.01. The molecule has 0 bridgehead atoms. The zero-order valence-electron chi connectivity index (χ0n) is 29.0. The number of aromatic nitrogens is 4. The Labute approximate surface area is 310 Å². The minimum Gasteiger partial charge on any atom is -0.438 e. The van der Waals surface area contributed by atoms with Crippen LogP contribution in [0.5, 0.6) is 0 Å². The van der Waals surface area contributed by atoms with E-state index in [2.05, 4.69) is 174 Å². The number of rotatable bonds is 5. The summed E-state index contributed by atoms with van der Waals surface area (Å²) in [5.41, 5.74) is 11.1. The fourth-order valence-corrected chi connectivity index (χ4v) is 7.75. The predicted octanol–water partition coefficient (Wildman–Crippen LogP) is 12.7. The molecule has 11 rings (SSSR count). The van der Waals surface area contributed by atoms with Crippen molar-refractivity contribution in [1.29, 1.82) is 0 Å². The second-order valence-electron chi connectivity index (χ2n) is 13.7. The number of nitrogens with zero attached hydrogens (tertiary/aromatic N) is 4. The van der Waals surface area contributed by atoms with Crippen molar-refractivity contribution in [2.45, 2.75) is 0 Å². The van der Waals surface area contributed by atoms with Gasteiger partial charge in [0.25, 0.3) is 0 Å². The van der Waals surface area contributed by atoms with Crippen LogP contribution < -0.4 is 0 Å². The predicted molar refractivity (Wildman–Crippen MR) is 220 cm³/mol. The van der Waals surface area contributed by atoms with Gasteiger partial charge in [-0.1, -0.05) is 146 Å². The Morgan fingerprint density at radius 3 is 1.52 bits per heavy atom. The summed E-state index contributed by atoms with van der Waals surface area (Å²) in [5, 5.41) is 5.80. The summed E-state index contributed by atoms with van der Waals surface area (Å²) >= 11 is 0. The number of benzene rings is 8. The second-order valence-corrected chi connectivity index (χ2v) is 13.7. The van der Waals surface area contributed by atoms with Crippen LogP contribution in [0.3, 0.4) is 0 Å². The van der Waals surface area contributed by atoms with E-state index in [4.69, 9.17) is 19.4 Å². The highest BCUT2D eigenvalue weighted by atomic mass is 16.3. The summed E-state index contributed by atoms with van der Waals surface area (Å²) in [5.74, 6) is 1.91. The van der Waals surface area contributed by atoms with E-state index in [1.165, 1.54) is 10.8 Å². The van der Waals surface area contributed by atoms with Gasteiger partial charge in [0.05, 0.1) is 16.6 Å². The molecular weight excluding hydrogens is 661 g/mol. The molecule has 11 aromatic rings. The lowest BCUT2D eigenvalue weighted by Crippen LogP contribution is -2.00. The van der Waals surface area contributed by atoms with E-state index in [1.807, 2.05) is 12.1 Å². The average molecular weight is 691 g/mol. The zero-order valence-corrected chi connectivity index (χ0v) is 29.0. The van der Waals surface area contributed by atoms with Gasteiger partial charge >= 0.3 is 0 Å². The third-order valence-corrected chi connectivity index (χ3v) is 10.4. The van der Waals surface area contributed by atoms with Crippen molar-refractivity contribution in [3.63, 3.8) is 0 Å². The summed E-state index contributed by atoms with van der Waals surface area (Å²) in [6.45, 7) is 0. The lowest BCUT2D eigenvalue weighted by atomic mass is 9.98. The number of hydrogen-bond acceptors (Lipinski definition) is 4. The van der Waals surface area contributed by atoms with Gasteiger partial charge in [0.2, 0.25) is 5.71 Å². The standard InChI is InChI=1S/C49H30N4O/c1-3-12-35-29-39(26-22-31(35)10-1)47-50-46(51-48(52-47)40-27-23-32-11-2-4-13-36(32)30-40)38-15-9-14-37(28-38)33-20-24-34(25-21-33)45-41-16-5-6-17-42(41)53-43-18-7-8-19-44(43)54-49(45)53/h1-30H. The number of oxazole rings is 1. The van der Waals surface area contributed by atoms with E-state index in [0.717, 1.165) is 77.4 Å². The van der Waals surface area contributed by atoms with Gasteiger partial charge < -0.3 is 4.42 Å². The van der Waals surface area contributed by atoms with Crippen LogP contribution >= 0.6 is 0 Å². The van der Waals surface area contributed by atoms with E-state index in [-0.39, 0.29) is 0 Å². The minimum absolute atomic E-state index is 0.627. The molecule has 3 aromatic heterocycles. The van der Waals surface area contributed by atoms with Gasteiger partial charge in [-0.15, -0.1) is 0 Å². The van der Waals surface area contributed by atoms with E-state index in [1.54, 1.807) is 0 Å². The number of hydrogen-bond donors (Lipinski definition) is 0. The van der Waals surface area contributed by atoms with Gasteiger partial charge in [-0.2, -0.15) is 0 Å². The molecule has 0 amide bonds. The van der Waals surface area contributed by atoms with Crippen molar-refractivity contribution in [1.82, 2.24) is 19.4 Å². The molecule has 0 unspecified atom stereocenters. The second kappa shape index (κ2) is 12.1. The molecule has 0 saturated carbocycles. The molecule has 3 heterocycles. The minimum atomic E-state index is 0.627. The van der Waals surface area contributed by atoms with Crippen molar-refractivity contribution >= 4 is 49.3 Å². The van der Waals surface area contributed by atoms with E-state index < -0.39 is 0 Å². The van der Waals surface area contributed by atoms with Gasteiger partial charge in [0.15, 0.2) is 23.1 Å². The Morgan fingerprint density at radius 2 is 0.852 bits per heavy atom. The molecule has 0 fully saturated rings. The van der Waals surface area contributed by atoms with E-state index >= 15 is 0 Å². The van der Waals surface area contributed by atoms with Gasteiger partial charge in [-0.05, 0) is 74.6 Å². The molecule has 252 valence electrons. The maximum absolute atomic E-state index is 6.47. The molecule has 5 nitrogen and oxygen atoms in total. The van der Waals surface area contributed by atoms with Crippen LogP contribution in [0.2, 0.25) is 0 Å². The molecule has 0 N–H and O–H groups in total. The van der Waals surface area contributed by atoms with Gasteiger partial charge in [-0.3, -0.25) is 4.40 Å². The Kier molecular flexibility index (Phi) is 6.79. The molecule has 0 atom stereocenters. The quantitative estimate of drug-likeness (QED) is 0.180. The third-order valence-electron chi connectivity index (χ3n) is 10.4. The van der Waals surface area contributed by atoms with Gasteiger partial charge in [-0.25, -0.2) is 15.0 Å². The van der Waals surface area contributed by atoms with Crippen LogP contribution in [-0.4, -0.2) is 19.4 Å². The van der Waals surface area contributed by atoms with Crippen molar-refractivity contribution in [3.8, 4) is 56.4 Å². The zero-order chi connectivity index (χ0) is 35.6. The first-order valence-corrected chi connectivity index (χ1v) is 18.1. The molecule has 0 aliphatic rings. The molecule has 0 saturated heterocycles. The first-order chi connectivity index (χ1) is 26.7. The molecule has 8 aromatic carbocycles. The summed E-state index contributed by atoms with van der Waals surface area (Å²) < 4.78 is 8.70. The number of fused-ring (bicyclic) bond motifs is 7. The molecule has 5 heteroatoms. The molecule has 0 aliphatic heterocycles. The van der Waals surface area contributed by atoms with Crippen LogP contribution in [0, 0.1) is 0 Å². The SMILES string of the molecule is c1cc(-c2ccc(-c3c4ccccc4n4c3oc3ccccc34)cc2)cc(-c2nc(-c3ccc4ccccc4c3)nc(-c3ccc4ccccc4c3)n2)c1. The van der Waals surface area contributed by atoms with Crippen LogP contribution in [0.15, 0.2) is 186 Å². The molecular formula is C49H30N4O. The first-order valence-electron chi connectivity index (χ1n) is 18.1. The van der Waals surface area contributed by atoms with Crippen LogP contribution in [0.1, 0.15) is 0 Å². The van der Waals surface area contributed by atoms with Gasteiger partial charge in [0.1, 0.15) is 0 Å². The fraction of sp³-hybridized carbons (Fsp3) is 0. The molecule has 54 heavy (non-hydrogen) atoms. The van der Waals surface area contributed by atoms with Crippen molar-refractivity contribution < 1.29 is 4.42 Å². The fourth-order valence-electron chi connectivity index (χ4n) is 7.75. The Bertz CT molecular complexity index is 3130. The maximum atomic E-state index is 6.47. The normalized spacial score (nSPS) is 11.7. The van der Waals surface area contributed by atoms with Crippen molar-refractivity contribution in [2.75, 3.05) is 0 Å². The topological polar surface area (TPSA) is 56.2 Å². The summed E-state index contributed by atoms with van der Waals surface area (Å²) in [6, 6.07) is 63.4. The lowest BCUT2D eigenvalue weighted by Gasteiger charge is -2.11. The lowest BCUT2D eigenvalue weighted by molar-refractivity contribution is 0.658. The van der Waals surface area contributed by atoms with Crippen molar-refractivity contribution in [2.24, 2.45) is 0 Å². The molecule has 0 radical (unpaired) electrons. The highest BCUT2D eigenvalue weighted by molar-refractivity contribution is 6.07. The summed E-state index contributed by atoms with van der Waals surface area (Å²) in [4.78, 5) is 15.2. The van der Waals surface area contributed by atoms with Gasteiger partial charge in [0, 0.05) is 22.1 Å². The molecule has 0 spiro atoms. The molecule has 0 aliphatic carbocycles. The largest absolute Gasteiger partial charge is 0.438 e. The van der Waals surface area contributed by atoms with E-state index in [9.17, 15) is 0 Å². The summed E-state index contributed by atoms with van der Waals surface area (Å²) in [6.07, 6.45) is 0. The third kappa shape index (κ3) is 4.98. The highest BCUT2D eigenvalue weighted by Crippen LogP contribution is 2.40. The monoisotopic (exact) mass is 690 g/mol. The first kappa shape index (κ1) is 30.3. The average Bonchev–Trinajstić information content (AvgIpc) is 3.78. The Hall–Kier alpha value is -7.37. The Morgan fingerprint density at radius 1 is 0.352 bits per heavy atom. The van der Waals surface area contributed by atoms with Crippen LogP contribution in [0.4, 0.5) is 0 Å². The smallest absolute Gasteiger partial charge is 0.213 e.